The summed E-state index contributed by atoms with van der Waals surface area (Å²) < 4.78 is 6.78. The number of imidazole rings is 1. The van der Waals surface area contributed by atoms with Crippen LogP contribution < -0.4 is 4.74 Å². The molecule has 96 valence electrons. The molecular formula is C13H11ClN4O. The van der Waals surface area contributed by atoms with Gasteiger partial charge in [0, 0.05) is 10.6 Å². The molecule has 2 heterocycles. The second kappa shape index (κ2) is 4.51. The first-order valence-electron chi connectivity index (χ1n) is 5.71. The topological polar surface area (TPSA) is 52.3 Å². The fourth-order valence-electron chi connectivity index (χ4n) is 1.84. The molecule has 0 spiro atoms. The molecule has 0 amide bonds. The van der Waals surface area contributed by atoms with E-state index in [9.17, 15) is 0 Å². The Morgan fingerprint density at radius 1 is 1.16 bits per heavy atom. The number of methoxy groups -OCH3 is 1. The van der Waals surface area contributed by atoms with Gasteiger partial charge in [0.1, 0.15) is 5.69 Å². The van der Waals surface area contributed by atoms with Crippen LogP contribution in [-0.2, 0) is 0 Å². The van der Waals surface area contributed by atoms with E-state index in [1.807, 2.05) is 37.4 Å². The van der Waals surface area contributed by atoms with Crippen molar-refractivity contribution in [2.75, 3.05) is 7.11 Å². The van der Waals surface area contributed by atoms with Crippen LogP contribution in [0.5, 0.6) is 5.88 Å². The van der Waals surface area contributed by atoms with Crippen molar-refractivity contribution >= 4 is 17.4 Å². The lowest BCUT2D eigenvalue weighted by molar-refractivity contribution is 0.390. The van der Waals surface area contributed by atoms with Gasteiger partial charge in [-0.1, -0.05) is 23.7 Å². The van der Waals surface area contributed by atoms with E-state index in [0.717, 1.165) is 17.0 Å². The molecule has 0 unspecified atom stereocenters. The minimum atomic E-state index is 0.487. The molecule has 0 bridgehead atoms. The number of ether oxygens (including phenoxy) is 1. The summed E-state index contributed by atoms with van der Waals surface area (Å²) in [5, 5.41) is 5.05. The van der Waals surface area contributed by atoms with Crippen LogP contribution in [0.25, 0.3) is 17.0 Å². The van der Waals surface area contributed by atoms with Gasteiger partial charge in [0.05, 0.1) is 19.0 Å². The standard InChI is InChI=1S/C13H11ClN4O/c1-8-12(19-2)16-13-15-11(7-18(13)17-8)9-3-5-10(14)6-4-9/h3-7H,1-2H3. The SMILES string of the molecule is COc1nc2nc(-c3ccc(Cl)cc3)cn2nc1C. The summed E-state index contributed by atoms with van der Waals surface area (Å²) in [6.45, 7) is 1.84. The highest BCUT2D eigenvalue weighted by atomic mass is 35.5. The predicted molar refractivity (Wildman–Crippen MR) is 72.5 cm³/mol. The van der Waals surface area contributed by atoms with Crippen molar-refractivity contribution in [1.29, 1.82) is 0 Å². The monoisotopic (exact) mass is 274 g/mol. The normalized spacial score (nSPS) is 10.9. The molecule has 2 aromatic heterocycles. The molecule has 0 aliphatic rings. The van der Waals surface area contributed by atoms with Crippen molar-refractivity contribution < 1.29 is 4.74 Å². The van der Waals surface area contributed by atoms with Crippen molar-refractivity contribution in [1.82, 2.24) is 19.6 Å². The van der Waals surface area contributed by atoms with Gasteiger partial charge in [-0.05, 0) is 19.1 Å². The first-order valence-corrected chi connectivity index (χ1v) is 6.09. The summed E-state index contributed by atoms with van der Waals surface area (Å²) in [5.41, 5.74) is 2.48. The van der Waals surface area contributed by atoms with Gasteiger partial charge in [0.25, 0.3) is 5.78 Å². The van der Waals surface area contributed by atoms with Crippen LogP contribution in [0.2, 0.25) is 5.02 Å². The average Bonchev–Trinajstić information content (AvgIpc) is 2.81. The Balaban J connectivity index is 2.13. The second-order valence-corrected chi connectivity index (χ2v) is 4.52. The van der Waals surface area contributed by atoms with Gasteiger partial charge in [-0.2, -0.15) is 10.1 Å². The number of fused-ring (bicyclic) bond motifs is 1. The molecule has 0 radical (unpaired) electrons. The molecule has 0 saturated heterocycles. The first kappa shape index (κ1) is 11.9. The summed E-state index contributed by atoms with van der Waals surface area (Å²) in [6, 6.07) is 7.48. The van der Waals surface area contributed by atoms with Gasteiger partial charge in [-0.15, -0.1) is 0 Å². The predicted octanol–water partition coefficient (Wildman–Crippen LogP) is 2.76. The number of rotatable bonds is 2. The summed E-state index contributed by atoms with van der Waals surface area (Å²) in [7, 11) is 1.57. The smallest absolute Gasteiger partial charge is 0.254 e. The van der Waals surface area contributed by atoms with Gasteiger partial charge >= 0.3 is 0 Å². The Hall–Kier alpha value is -2.14. The van der Waals surface area contributed by atoms with Crippen molar-refractivity contribution in [2.24, 2.45) is 0 Å². The lowest BCUT2D eigenvalue weighted by atomic mass is 10.2. The number of hydrogen-bond acceptors (Lipinski definition) is 4. The summed E-state index contributed by atoms with van der Waals surface area (Å²) in [5.74, 6) is 0.994. The zero-order chi connectivity index (χ0) is 13.4. The van der Waals surface area contributed by atoms with Gasteiger partial charge in [0.15, 0.2) is 0 Å². The van der Waals surface area contributed by atoms with E-state index in [-0.39, 0.29) is 0 Å². The maximum Gasteiger partial charge on any atom is 0.254 e. The molecule has 0 fully saturated rings. The van der Waals surface area contributed by atoms with Crippen LogP contribution in [0.1, 0.15) is 5.69 Å². The van der Waals surface area contributed by atoms with E-state index in [1.54, 1.807) is 11.6 Å². The molecule has 0 N–H and O–H groups in total. The van der Waals surface area contributed by atoms with Gasteiger partial charge < -0.3 is 4.74 Å². The van der Waals surface area contributed by atoms with Crippen molar-refractivity contribution in [3.05, 3.63) is 41.2 Å². The molecule has 3 rings (SSSR count). The molecule has 19 heavy (non-hydrogen) atoms. The minimum absolute atomic E-state index is 0.487. The summed E-state index contributed by atoms with van der Waals surface area (Å²) >= 11 is 5.87. The Bertz CT molecular complexity index is 736. The molecule has 0 aliphatic heterocycles. The molecule has 5 nitrogen and oxygen atoms in total. The third-order valence-corrected chi connectivity index (χ3v) is 3.02. The van der Waals surface area contributed by atoms with E-state index in [1.165, 1.54) is 0 Å². The van der Waals surface area contributed by atoms with E-state index >= 15 is 0 Å². The quantitative estimate of drug-likeness (QED) is 0.721. The molecule has 0 atom stereocenters. The molecule has 0 saturated carbocycles. The Kier molecular flexibility index (Phi) is 2.83. The molecular weight excluding hydrogens is 264 g/mol. The summed E-state index contributed by atoms with van der Waals surface area (Å²) in [4.78, 5) is 8.73. The number of hydrogen-bond donors (Lipinski definition) is 0. The minimum Gasteiger partial charge on any atom is -0.480 e. The highest BCUT2D eigenvalue weighted by molar-refractivity contribution is 6.30. The highest BCUT2D eigenvalue weighted by Gasteiger charge is 2.10. The van der Waals surface area contributed by atoms with Crippen LogP contribution in [-0.4, -0.2) is 26.7 Å². The zero-order valence-corrected chi connectivity index (χ0v) is 11.2. The number of nitrogens with zero attached hydrogens (tertiary/aromatic N) is 4. The molecule has 0 aliphatic carbocycles. The van der Waals surface area contributed by atoms with Gasteiger partial charge in [0.2, 0.25) is 5.88 Å². The van der Waals surface area contributed by atoms with E-state index in [2.05, 4.69) is 15.1 Å². The number of halogens is 1. The molecule has 6 heteroatoms. The zero-order valence-electron chi connectivity index (χ0n) is 10.5. The van der Waals surface area contributed by atoms with Crippen LogP contribution in [0.15, 0.2) is 30.5 Å². The molecule has 3 aromatic rings. The van der Waals surface area contributed by atoms with Crippen LogP contribution in [0.4, 0.5) is 0 Å². The third-order valence-electron chi connectivity index (χ3n) is 2.77. The van der Waals surface area contributed by atoms with E-state index < -0.39 is 0 Å². The Morgan fingerprint density at radius 3 is 2.58 bits per heavy atom. The average molecular weight is 275 g/mol. The number of aryl methyl sites for hydroxylation is 1. The van der Waals surface area contributed by atoms with Gasteiger partial charge in [-0.25, -0.2) is 9.50 Å². The fraction of sp³-hybridized carbons (Fsp3) is 0.154. The Labute approximate surface area is 114 Å². The van der Waals surface area contributed by atoms with Crippen molar-refractivity contribution in [3.63, 3.8) is 0 Å². The van der Waals surface area contributed by atoms with Crippen LogP contribution in [0, 0.1) is 6.92 Å². The fourth-order valence-corrected chi connectivity index (χ4v) is 1.97. The maximum atomic E-state index is 5.87. The lowest BCUT2D eigenvalue weighted by Crippen LogP contribution is -2.00. The lowest BCUT2D eigenvalue weighted by Gasteiger charge is -2.01. The maximum absolute atomic E-state index is 5.87. The first-order chi connectivity index (χ1) is 9.17. The van der Waals surface area contributed by atoms with Crippen LogP contribution >= 0.6 is 11.6 Å². The number of benzene rings is 1. The van der Waals surface area contributed by atoms with Crippen molar-refractivity contribution in [2.45, 2.75) is 6.92 Å². The highest BCUT2D eigenvalue weighted by Crippen LogP contribution is 2.21. The van der Waals surface area contributed by atoms with E-state index in [0.29, 0.717) is 16.7 Å². The Morgan fingerprint density at radius 2 is 1.89 bits per heavy atom. The van der Waals surface area contributed by atoms with E-state index in [4.69, 9.17) is 16.3 Å². The third kappa shape index (κ3) is 2.13. The summed E-state index contributed by atoms with van der Waals surface area (Å²) in [6.07, 6.45) is 1.83. The largest absolute Gasteiger partial charge is 0.480 e. The number of aromatic nitrogens is 4. The molecule has 1 aromatic carbocycles. The second-order valence-electron chi connectivity index (χ2n) is 4.08. The van der Waals surface area contributed by atoms with Gasteiger partial charge in [-0.3, -0.25) is 0 Å². The van der Waals surface area contributed by atoms with Crippen LogP contribution in [0.3, 0.4) is 0 Å². The van der Waals surface area contributed by atoms with Crippen molar-refractivity contribution in [3.8, 4) is 17.1 Å².